The summed E-state index contributed by atoms with van der Waals surface area (Å²) in [5.74, 6) is 0.470. The maximum atomic E-state index is 12.6. The second-order valence-electron chi connectivity index (χ2n) is 4.55. The molecule has 2 N–H and O–H groups in total. The van der Waals surface area contributed by atoms with Crippen molar-refractivity contribution in [2.45, 2.75) is 6.92 Å². The topological polar surface area (TPSA) is 70.6 Å². The van der Waals surface area contributed by atoms with Gasteiger partial charge in [0.2, 0.25) is 0 Å². The van der Waals surface area contributed by atoms with Gasteiger partial charge in [0.15, 0.2) is 0 Å². The van der Waals surface area contributed by atoms with Crippen LogP contribution in [0.2, 0.25) is 0 Å². The molecule has 20 heavy (non-hydrogen) atoms. The van der Waals surface area contributed by atoms with Crippen LogP contribution in [0.15, 0.2) is 29.1 Å². The Morgan fingerprint density at radius 2 is 1.90 bits per heavy atom. The molecule has 0 unspecified atom stereocenters. The third kappa shape index (κ3) is 2.41. The van der Waals surface area contributed by atoms with E-state index < -0.39 is 0 Å². The van der Waals surface area contributed by atoms with Crippen molar-refractivity contribution in [3.8, 4) is 11.4 Å². The summed E-state index contributed by atoms with van der Waals surface area (Å²) in [7, 11) is 3.56. The molecular formula is C13H17N3O3S. The predicted molar refractivity (Wildman–Crippen MR) is 80.9 cm³/mol. The van der Waals surface area contributed by atoms with Crippen molar-refractivity contribution in [1.29, 1.82) is 0 Å². The molecule has 0 radical (unpaired) electrons. The van der Waals surface area contributed by atoms with E-state index >= 15 is 0 Å². The van der Waals surface area contributed by atoms with Crippen LogP contribution >= 0.6 is 12.0 Å². The molecule has 0 amide bonds. The Morgan fingerprint density at radius 1 is 1.30 bits per heavy atom. The number of aromatic nitrogens is 2. The van der Waals surface area contributed by atoms with Gasteiger partial charge in [0.05, 0.1) is 17.3 Å². The van der Waals surface area contributed by atoms with Crippen LogP contribution in [0.5, 0.6) is 5.75 Å². The molecule has 0 spiro atoms. The number of anilines is 1. The molecule has 0 bridgehead atoms. The third-order valence-corrected chi connectivity index (χ3v) is 3.75. The Hall–Kier alpha value is -1.86. The Bertz CT molecular complexity index is 661. The summed E-state index contributed by atoms with van der Waals surface area (Å²) in [6.45, 7) is 1.85. The molecule has 0 fully saturated rings. The van der Waals surface area contributed by atoms with Gasteiger partial charge in [0.1, 0.15) is 11.4 Å². The normalized spacial score (nSPS) is 10.8. The Kier molecular flexibility index (Phi) is 4.10. The Labute approximate surface area is 121 Å². The first-order chi connectivity index (χ1) is 9.47. The number of benzene rings is 1. The van der Waals surface area contributed by atoms with E-state index in [0.717, 1.165) is 5.69 Å². The molecule has 0 aliphatic carbocycles. The largest absolute Gasteiger partial charge is 0.508 e. The van der Waals surface area contributed by atoms with E-state index in [4.69, 9.17) is 4.55 Å². The van der Waals surface area contributed by atoms with Crippen molar-refractivity contribution in [2.75, 3.05) is 17.8 Å². The van der Waals surface area contributed by atoms with E-state index in [0.29, 0.717) is 29.3 Å². The van der Waals surface area contributed by atoms with Gasteiger partial charge in [-0.3, -0.25) is 9.48 Å². The second-order valence-corrected chi connectivity index (χ2v) is 5.06. The van der Waals surface area contributed by atoms with E-state index in [2.05, 4.69) is 0 Å². The number of phenolic OH excluding ortho intramolecular Hbond substituents is 1. The highest BCUT2D eigenvalue weighted by atomic mass is 32.2. The number of phenols is 1. The number of aromatic hydroxyl groups is 1. The fourth-order valence-corrected chi connectivity index (χ4v) is 2.47. The number of rotatable bonds is 4. The summed E-state index contributed by atoms with van der Waals surface area (Å²) < 4.78 is 12.2. The monoisotopic (exact) mass is 295 g/mol. The minimum Gasteiger partial charge on any atom is -0.508 e. The fourth-order valence-electron chi connectivity index (χ4n) is 2.17. The first kappa shape index (κ1) is 14.5. The standard InChI is InChI=1S/C13H17N3O3S/c1-9-12(14(2)8-20-19)13(18)16(15(9)3)10-4-6-11(17)7-5-10/h4-7,17,19H,8H2,1-3H3. The van der Waals surface area contributed by atoms with Crippen LogP contribution in [0.3, 0.4) is 0 Å². The van der Waals surface area contributed by atoms with Crippen molar-refractivity contribution >= 4 is 17.7 Å². The smallest absolute Gasteiger partial charge is 0.295 e. The average molecular weight is 295 g/mol. The van der Waals surface area contributed by atoms with Gasteiger partial charge in [0.25, 0.3) is 5.56 Å². The van der Waals surface area contributed by atoms with Gasteiger partial charge in [-0.15, -0.1) is 0 Å². The first-order valence-corrected chi connectivity index (χ1v) is 6.97. The molecular weight excluding hydrogens is 278 g/mol. The summed E-state index contributed by atoms with van der Waals surface area (Å²) >= 11 is 0.670. The highest BCUT2D eigenvalue weighted by molar-refractivity contribution is 7.93. The molecule has 1 heterocycles. The van der Waals surface area contributed by atoms with Crippen LogP contribution in [0, 0.1) is 6.92 Å². The molecule has 1 aromatic carbocycles. The van der Waals surface area contributed by atoms with Crippen molar-refractivity contribution in [1.82, 2.24) is 9.36 Å². The van der Waals surface area contributed by atoms with Gasteiger partial charge in [-0.2, -0.15) is 0 Å². The SMILES string of the molecule is Cc1c(N(C)CSO)c(=O)n(-c2ccc(O)cc2)n1C. The maximum Gasteiger partial charge on any atom is 0.295 e. The lowest BCUT2D eigenvalue weighted by atomic mass is 10.3. The highest BCUT2D eigenvalue weighted by Crippen LogP contribution is 2.19. The second kappa shape index (κ2) is 5.64. The highest BCUT2D eigenvalue weighted by Gasteiger charge is 2.19. The quantitative estimate of drug-likeness (QED) is 0.665. The molecule has 2 rings (SSSR count). The van der Waals surface area contributed by atoms with Gasteiger partial charge in [-0.05, 0) is 31.2 Å². The lowest BCUT2D eigenvalue weighted by Crippen LogP contribution is -2.25. The summed E-state index contributed by atoms with van der Waals surface area (Å²) in [4.78, 5) is 14.3. The first-order valence-electron chi connectivity index (χ1n) is 6.03. The predicted octanol–water partition coefficient (Wildman–Crippen LogP) is 1.79. The molecule has 0 aliphatic rings. The molecule has 6 nitrogen and oxygen atoms in total. The minimum atomic E-state index is -0.160. The molecule has 0 aliphatic heterocycles. The Balaban J connectivity index is 2.58. The molecule has 1 aromatic heterocycles. The average Bonchev–Trinajstić information content (AvgIpc) is 2.62. The molecule has 0 atom stereocenters. The number of hydrogen-bond acceptors (Lipinski definition) is 5. The van der Waals surface area contributed by atoms with Crippen molar-refractivity contribution in [3.63, 3.8) is 0 Å². The molecule has 0 saturated carbocycles. The van der Waals surface area contributed by atoms with Gasteiger partial charge < -0.3 is 14.6 Å². The third-order valence-electron chi connectivity index (χ3n) is 3.25. The van der Waals surface area contributed by atoms with Crippen LogP contribution in [0.25, 0.3) is 5.69 Å². The van der Waals surface area contributed by atoms with Crippen LogP contribution in [-0.4, -0.2) is 31.9 Å². The molecule has 2 aromatic rings. The zero-order valence-electron chi connectivity index (χ0n) is 11.6. The zero-order chi connectivity index (χ0) is 14.9. The van der Waals surface area contributed by atoms with Crippen molar-refractivity contribution in [3.05, 3.63) is 40.3 Å². The summed E-state index contributed by atoms with van der Waals surface area (Å²) in [6.07, 6.45) is 0. The van der Waals surface area contributed by atoms with Crippen molar-refractivity contribution < 1.29 is 9.66 Å². The van der Waals surface area contributed by atoms with E-state index in [1.54, 1.807) is 35.8 Å². The zero-order valence-corrected chi connectivity index (χ0v) is 12.4. The maximum absolute atomic E-state index is 12.6. The van der Waals surface area contributed by atoms with Gasteiger partial charge in [0, 0.05) is 26.1 Å². The molecule has 108 valence electrons. The lowest BCUT2D eigenvalue weighted by molar-refractivity contribution is 0.475. The Morgan fingerprint density at radius 3 is 2.45 bits per heavy atom. The van der Waals surface area contributed by atoms with E-state index in [1.165, 1.54) is 16.8 Å². The number of hydrogen-bond donors (Lipinski definition) is 2. The van der Waals surface area contributed by atoms with Gasteiger partial charge >= 0.3 is 0 Å². The van der Waals surface area contributed by atoms with E-state index in [1.807, 2.05) is 6.92 Å². The van der Waals surface area contributed by atoms with Crippen LogP contribution < -0.4 is 10.5 Å². The van der Waals surface area contributed by atoms with Crippen LogP contribution in [-0.2, 0) is 7.05 Å². The molecule has 0 saturated heterocycles. The van der Waals surface area contributed by atoms with Gasteiger partial charge in [-0.1, -0.05) is 0 Å². The van der Waals surface area contributed by atoms with E-state index in [9.17, 15) is 9.90 Å². The van der Waals surface area contributed by atoms with E-state index in [-0.39, 0.29) is 11.3 Å². The number of nitrogens with zero attached hydrogens (tertiary/aromatic N) is 3. The molecule has 7 heteroatoms. The van der Waals surface area contributed by atoms with Gasteiger partial charge in [-0.25, -0.2) is 4.68 Å². The van der Waals surface area contributed by atoms with Crippen LogP contribution in [0.4, 0.5) is 5.69 Å². The summed E-state index contributed by atoms with van der Waals surface area (Å²) in [6, 6.07) is 6.44. The summed E-state index contributed by atoms with van der Waals surface area (Å²) in [5, 5.41) is 9.33. The summed E-state index contributed by atoms with van der Waals surface area (Å²) in [5.41, 5.74) is 1.86. The fraction of sp³-hybridized carbons (Fsp3) is 0.308. The van der Waals surface area contributed by atoms with Crippen LogP contribution in [0.1, 0.15) is 5.69 Å². The van der Waals surface area contributed by atoms with Crippen molar-refractivity contribution in [2.24, 2.45) is 7.05 Å². The lowest BCUT2D eigenvalue weighted by Gasteiger charge is -2.14. The minimum absolute atomic E-state index is 0.154.